The zero-order valence-electron chi connectivity index (χ0n) is 10.0. The lowest BCUT2D eigenvalue weighted by atomic mass is 10.1. The molecule has 1 fully saturated rings. The number of thioether (sulfide) groups is 1. The Morgan fingerprint density at radius 2 is 2.11 bits per heavy atom. The summed E-state index contributed by atoms with van der Waals surface area (Å²) in [7, 11) is 0. The molecule has 0 amide bonds. The van der Waals surface area contributed by atoms with Crippen LogP contribution in [0.15, 0.2) is 30.5 Å². The third-order valence-corrected chi connectivity index (χ3v) is 4.30. The van der Waals surface area contributed by atoms with Crippen molar-refractivity contribution in [1.82, 2.24) is 4.98 Å². The third kappa shape index (κ3) is 2.25. The topological polar surface area (TPSA) is 42.1 Å². The number of carbonyl (C=O) groups excluding carboxylic acids is 1. The highest BCUT2D eigenvalue weighted by atomic mass is 32.2. The molecule has 0 radical (unpaired) electrons. The van der Waals surface area contributed by atoms with Crippen molar-refractivity contribution in [2.24, 2.45) is 0 Å². The Morgan fingerprint density at radius 1 is 1.28 bits per heavy atom. The van der Waals surface area contributed by atoms with Crippen LogP contribution in [0.1, 0.15) is 23.2 Å². The fraction of sp³-hybridized carbons (Fsp3) is 0.357. The van der Waals surface area contributed by atoms with Gasteiger partial charge in [0.1, 0.15) is 6.10 Å². The van der Waals surface area contributed by atoms with Crippen molar-refractivity contribution in [3.05, 3.63) is 36.0 Å². The molecule has 4 heteroatoms. The van der Waals surface area contributed by atoms with Crippen LogP contribution < -0.4 is 0 Å². The number of esters is 1. The van der Waals surface area contributed by atoms with Gasteiger partial charge in [0.15, 0.2) is 0 Å². The maximum atomic E-state index is 12.2. The summed E-state index contributed by atoms with van der Waals surface area (Å²) in [6, 6.07) is 7.66. The number of fused-ring (bicyclic) bond motifs is 1. The van der Waals surface area contributed by atoms with E-state index in [1.807, 2.05) is 42.2 Å². The van der Waals surface area contributed by atoms with Crippen LogP contribution in [0, 0.1) is 0 Å². The Morgan fingerprint density at radius 3 is 2.94 bits per heavy atom. The third-order valence-electron chi connectivity index (χ3n) is 3.25. The van der Waals surface area contributed by atoms with Gasteiger partial charge in [-0.15, -0.1) is 0 Å². The highest BCUT2D eigenvalue weighted by Gasteiger charge is 2.20. The second-order valence-electron chi connectivity index (χ2n) is 4.46. The van der Waals surface area contributed by atoms with Crippen LogP contribution in [0.5, 0.6) is 0 Å². The fourth-order valence-electron chi connectivity index (χ4n) is 2.26. The standard InChI is InChI=1S/C14H15NO2S/c16-14(17-11-5-8-18-9-6-11)12-3-1-2-10-4-7-15-13(10)12/h1-4,7,11,15H,5-6,8-9H2. The molecule has 1 aliphatic heterocycles. The number of para-hydroxylation sites is 1. The summed E-state index contributed by atoms with van der Waals surface area (Å²) >= 11 is 1.93. The minimum atomic E-state index is -0.208. The van der Waals surface area contributed by atoms with Crippen molar-refractivity contribution >= 4 is 28.6 Å². The number of nitrogens with one attached hydrogen (secondary N) is 1. The van der Waals surface area contributed by atoms with Crippen molar-refractivity contribution in [2.45, 2.75) is 18.9 Å². The molecule has 1 aromatic carbocycles. The lowest BCUT2D eigenvalue weighted by molar-refractivity contribution is 0.0286. The number of benzene rings is 1. The molecular weight excluding hydrogens is 246 g/mol. The number of hydrogen-bond acceptors (Lipinski definition) is 3. The molecule has 2 aromatic rings. The van der Waals surface area contributed by atoms with Crippen LogP contribution in [-0.2, 0) is 4.74 Å². The van der Waals surface area contributed by atoms with Crippen molar-refractivity contribution in [3.8, 4) is 0 Å². The summed E-state index contributed by atoms with van der Waals surface area (Å²) in [5.41, 5.74) is 1.50. The molecule has 94 valence electrons. The second-order valence-corrected chi connectivity index (χ2v) is 5.69. The largest absolute Gasteiger partial charge is 0.459 e. The molecule has 1 aliphatic rings. The summed E-state index contributed by atoms with van der Waals surface area (Å²) in [5.74, 6) is 1.97. The van der Waals surface area contributed by atoms with E-state index in [1.165, 1.54) is 0 Å². The van der Waals surface area contributed by atoms with Gasteiger partial charge in [0.25, 0.3) is 0 Å². The second kappa shape index (κ2) is 5.06. The van der Waals surface area contributed by atoms with Gasteiger partial charge in [-0.2, -0.15) is 11.8 Å². The van der Waals surface area contributed by atoms with Crippen LogP contribution in [-0.4, -0.2) is 28.6 Å². The molecule has 1 aromatic heterocycles. The quantitative estimate of drug-likeness (QED) is 0.844. The van der Waals surface area contributed by atoms with E-state index in [4.69, 9.17) is 4.74 Å². The van der Waals surface area contributed by atoms with Gasteiger partial charge in [0, 0.05) is 11.6 Å². The molecule has 0 saturated carbocycles. The number of hydrogen-bond donors (Lipinski definition) is 1. The SMILES string of the molecule is O=C(OC1CCSCC1)c1cccc2cc[nH]c12. The maximum Gasteiger partial charge on any atom is 0.340 e. The molecule has 3 rings (SSSR count). The molecule has 1 saturated heterocycles. The predicted octanol–water partition coefficient (Wildman–Crippen LogP) is 3.22. The predicted molar refractivity (Wildman–Crippen MR) is 74.1 cm³/mol. The molecule has 2 heterocycles. The first kappa shape index (κ1) is 11.7. The maximum absolute atomic E-state index is 12.2. The Labute approximate surface area is 110 Å². The van der Waals surface area contributed by atoms with Gasteiger partial charge in [-0.3, -0.25) is 0 Å². The first-order valence-electron chi connectivity index (χ1n) is 6.19. The van der Waals surface area contributed by atoms with E-state index in [0.29, 0.717) is 5.56 Å². The number of H-pyrrole nitrogens is 1. The smallest absolute Gasteiger partial charge is 0.340 e. The summed E-state index contributed by atoms with van der Waals surface area (Å²) in [5, 5.41) is 1.05. The molecule has 18 heavy (non-hydrogen) atoms. The van der Waals surface area contributed by atoms with Gasteiger partial charge >= 0.3 is 5.97 Å². The molecule has 1 N–H and O–H groups in total. The van der Waals surface area contributed by atoms with Crippen LogP contribution in [0.25, 0.3) is 10.9 Å². The van der Waals surface area contributed by atoms with Crippen LogP contribution >= 0.6 is 11.8 Å². The highest BCUT2D eigenvalue weighted by Crippen LogP contribution is 2.23. The molecule has 3 nitrogen and oxygen atoms in total. The van der Waals surface area contributed by atoms with Crippen molar-refractivity contribution in [1.29, 1.82) is 0 Å². The van der Waals surface area contributed by atoms with E-state index in [2.05, 4.69) is 4.98 Å². The summed E-state index contributed by atoms with van der Waals surface area (Å²) in [6.45, 7) is 0. The van der Waals surface area contributed by atoms with Gasteiger partial charge in [-0.1, -0.05) is 12.1 Å². The first-order valence-corrected chi connectivity index (χ1v) is 7.35. The van der Waals surface area contributed by atoms with Crippen molar-refractivity contribution in [3.63, 3.8) is 0 Å². The van der Waals surface area contributed by atoms with E-state index in [1.54, 1.807) is 0 Å². The van der Waals surface area contributed by atoms with E-state index < -0.39 is 0 Å². The van der Waals surface area contributed by atoms with E-state index in [-0.39, 0.29) is 12.1 Å². The molecule has 0 atom stereocenters. The Bertz CT molecular complexity index is 558. The first-order chi connectivity index (χ1) is 8.84. The molecule has 0 aliphatic carbocycles. The lowest BCUT2D eigenvalue weighted by Crippen LogP contribution is -2.23. The number of aromatic nitrogens is 1. The van der Waals surface area contributed by atoms with Gasteiger partial charge in [-0.05, 0) is 36.5 Å². The van der Waals surface area contributed by atoms with Crippen LogP contribution in [0.2, 0.25) is 0 Å². The zero-order chi connectivity index (χ0) is 12.4. The van der Waals surface area contributed by atoms with Gasteiger partial charge in [0.2, 0.25) is 0 Å². The molecule has 0 spiro atoms. The van der Waals surface area contributed by atoms with Crippen molar-refractivity contribution < 1.29 is 9.53 Å². The molecular formula is C14H15NO2S. The van der Waals surface area contributed by atoms with Gasteiger partial charge in [0.05, 0.1) is 11.1 Å². The minimum absolute atomic E-state index is 0.0870. The highest BCUT2D eigenvalue weighted by molar-refractivity contribution is 7.99. The van der Waals surface area contributed by atoms with E-state index >= 15 is 0 Å². The number of carbonyl (C=O) groups is 1. The number of ether oxygens (including phenoxy) is 1. The zero-order valence-corrected chi connectivity index (χ0v) is 10.8. The van der Waals surface area contributed by atoms with Crippen molar-refractivity contribution in [2.75, 3.05) is 11.5 Å². The Balaban J connectivity index is 1.81. The monoisotopic (exact) mass is 261 g/mol. The molecule has 0 unspecified atom stereocenters. The average Bonchev–Trinajstić information content (AvgIpc) is 2.87. The fourth-order valence-corrected chi connectivity index (χ4v) is 3.33. The summed E-state index contributed by atoms with van der Waals surface area (Å²) in [4.78, 5) is 15.3. The summed E-state index contributed by atoms with van der Waals surface area (Å²) in [6.07, 6.45) is 3.87. The Kier molecular flexibility index (Phi) is 3.28. The molecule has 0 bridgehead atoms. The lowest BCUT2D eigenvalue weighted by Gasteiger charge is -2.21. The normalized spacial score (nSPS) is 16.9. The minimum Gasteiger partial charge on any atom is -0.459 e. The number of rotatable bonds is 2. The van der Waals surface area contributed by atoms with Crippen LogP contribution in [0.4, 0.5) is 0 Å². The average molecular weight is 261 g/mol. The Hall–Kier alpha value is -1.42. The number of aromatic amines is 1. The van der Waals surface area contributed by atoms with Gasteiger partial charge in [-0.25, -0.2) is 4.79 Å². The van der Waals surface area contributed by atoms with Crippen LogP contribution in [0.3, 0.4) is 0 Å². The van der Waals surface area contributed by atoms with E-state index in [9.17, 15) is 4.79 Å². The van der Waals surface area contributed by atoms with E-state index in [0.717, 1.165) is 35.3 Å². The van der Waals surface area contributed by atoms with Gasteiger partial charge < -0.3 is 9.72 Å². The summed E-state index contributed by atoms with van der Waals surface area (Å²) < 4.78 is 5.58.